The van der Waals surface area contributed by atoms with Gasteiger partial charge in [-0.1, -0.05) is 47.5 Å². The van der Waals surface area contributed by atoms with E-state index < -0.39 is 5.91 Å². The number of anilines is 1. The third kappa shape index (κ3) is 5.50. The number of carbonyl (C=O) groups is 1. The minimum absolute atomic E-state index is 0.0595. The average Bonchev–Trinajstić information content (AvgIpc) is 2.57. The van der Waals surface area contributed by atoms with Crippen LogP contribution in [0, 0.1) is 32.1 Å². The molecule has 0 heterocycles. The van der Waals surface area contributed by atoms with Crippen molar-refractivity contribution < 1.29 is 4.79 Å². The molecule has 0 aliphatic heterocycles. The first-order valence-corrected chi connectivity index (χ1v) is 8.27. The lowest BCUT2D eigenvalue weighted by molar-refractivity contribution is -0.112. The van der Waals surface area contributed by atoms with Gasteiger partial charge in [-0.3, -0.25) is 4.79 Å². The van der Waals surface area contributed by atoms with Gasteiger partial charge in [-0.25, -0.2) is 0 Å². The Morgan fingerprint density at radius 3 is 2.56 bits per heavy atom. The number of rotatable bonds is 6. The molecule has 4 nitrogen and oxygen atoms in total. The van der Waals surface area contributed by atoms with Gasteiger partial charge < -0.3 is 10.6 Å². The highest BCUT2D eigenvalue weighted by Crippen LogP contribution is 2.16. The Morgan fingerprint density at radius 2 is 1.88 bits per heavy atom. The van der Waals surface area contributed by atoms with E-state index in [1.165, 1.54) is 17.3 Å². The summed E-state index contributed by atoms with van der Waals surface area (Å²) in [4.78, 5) is 12.2. The largest absolute Gasteiger partial charge is 0.389 e. The van der Waals surface area contributed by atoms with Crippen LogP contribution in [-0.2, 0) is 11.2 Å². The average molecular weight is 333 g/mol. The van der Waals surface area contributed by atoms with Crippen molar-refractivity contribution in [2.75, 3.05) is 11.9 Å². The summed E-state index contributed by atoms with van der Waals surface area (Å²) in [6, 6.07) is 16.0. The van der Waals surface area contributed by atoms with Gasteiger partial charge in [0.25, 0.3) is 5.91 Å². The SMILES string of the molecule is Cc1cccc(CCN/C=C(/C#N)C(=O)Nc2ccc(C)cc2C)c1. The molecule has 0 radical (unpaired) electrons. The first-order valence-electron chi connectivity index (χ1n) is 8.27. The molecule has 0 unspecified atom stereocenters. The van der Waals surface area contributed by atoms with Gasteiger partial charge in [0.15, 0.2) is 0 Å². The number of carbonyl (C=O) groups excluding carboxylic acids is 1. The monoisotopic (exact) mass is 333 g/mol. The number of amides is 1. The van der Waals surface area contributed by atoms with Crippen LogP contribution in [0.2, 0.25) is 0 Å². The second-order valence-electron chi connectivity index (χ2n) is 6.14. The van der Waals surface area contributed by atoms with E-state index in [4.69, 9.17) is 0 Å². The summed E-state index contributed by atoms with van der Waals surface area (Å²) in [5.74, 6) is -0.405. The van der Waals surface area contributed by atoms with Crippen LogP contribution in [0.4, 0.5) is 5.69 Å². The fraction of sp³-hybridized carbons (Fsp3) is 0.238. The van der Waals surface area contributed by atoms with E-state index in [-0.39, 0.29) is 5.57 Å². The molecule has 2 aromatic rings. The maximum absolute atomic E-state index is 12.2. The van der Waals surface area contributed by atoms with Gasteiger partial charge in [-0.2, -0.15) is 5.26 Å². The molecule has 2 rings (SSSR count). The normalized spacial score (nSPS) is 10.9. The molecule has 0 aliphatic rings. The minimum atomic E-state index is -0.405. The number of hydrogen-bond acceptors (Lipinski definition) is 3. The first kappa shape index (κ1) is 18.3. The highest BCUT2D eigenvalue weighted by molar-refractivity contribution is 6.06. The van der Waals surface area contributed by atoms with E-state index in [2.05, 4.69) is 35.8 Å². The quantitative estimate of drug-likeness (QED) is 0.480. The Balaban J connectivity index is 1.92. The summed E-state index contributed by atoms with van der Waals surface area (Å²) < 4.78 is 0. The second kappa shape index (κ2) is 8.70. The van der Waals surface area contributed by atoms with Crippen LogP contribution in [0.5, 0.6) is 0 Å². The van der Waals surface area contributed by atoms with E-state index in [0.717, 1.165) is 23.2 Å². The minimum Gasteiger partial charge on any atom is -0.389 e. The number of benzene rings is 2. The number of nitriles is 1. The van der Waals surface area contributed by atoms with Crippen LogP contribution in [0.3, 0.4) is 0 Å². The van der Waals surface area contributed by atoms with Gasteiger partial charge in [0.1, 0.15) is 11.6 Å². The maximum atomic E-state index is 12.2. The molecule has 4 heteroatoms. The first-order chi connectivity index (χ1) is 12.0. The summed E-state index contributed by atoms with van der Waals surface area (Å²) in [7, 11) is 0. The zero-order valence-electron chi connectivity index (χ0n) is 14.9. The smallest absolute Gasteiger partial charge is 0.267 e. The number of nitrogens with one attached hydrogen (secondary N) is 2. The van der Waals surface area contributed by atoms with Crippen LogP contribution in [-0.4, -0.2) is 12.5 Å². The zero-order valence-corrected chi connectivity index (χ0v) is 14.9. The number of nitrogens with zero attached hydrogens (tertiary/aromatic N) is 1. The van der Waals surface area contributed by atoms with Crippen molar-refractivity contribution in [3.05, 3.63) is 76.5 Å². The van der Waals surface area contributed by atoms with Crippen molar-refractivity contribution in [1.29, 1.82) is 5.26 Å². The van der Waals surface area contributed by atoms with Gasteiger partial charge in [0, 0.05) is 18.4 Å². The van der Waals surface area contributed by atoms with E-state index in [0.29, 0.717) is 6.54 Å². The lowest BCUT2D eigenvalue weighted by atomic mass is 10.1. The van der Waals surface area contributed by atoms with Crippen LogP contribution in [0.1, 0.15) is 22.3 Å². The maximum Gasteiger partial charge on any atom is 0.267 e. The van der Waals surface area contributed by atoms with Gasteiger partial charge in [0.2, 0.25) is 0 Å². The Hall–Kier alpha value is -3.06. The molecule has 128 valence electrons. The third-order valence-electron chi connectivity index (χ3n) is 3.88. The number of hydrogen-bond donors (Lipinski definition) is 2. The summed E-state index contributed by atoms with van der Waals surface area (Å²) in [6.45, 7) is 6.64. The fourth-order valence-corrected chi connectivity index (χ4v) is 2.55. The molecular formula is C21H23N3O. The lowest BCUT2D eigenvalue weighted by Crippen LogP contribution is -2.18. The summed E-state index contributed by atoms with van der Waals surface area (Å²) in [6.07, 6.45) is 2.31. The van der Waals surface area contributed by atoms with Crippen molar-refractivity contribution in [1.82, 2.24) is 5.32 Å². The van der Waals surface area contributed by atoms with E-state index in [1.54, 1.807) is 0 Å². The molecule has 0 fully saturated rings. The van der Waals surface area contributed by atoms with E-state index in [9.17, 15) is 10.1 Å². The highest BCUT2D eigenvalue weighted by atomic mass is 16.1. The van der Waals surface area contributed by atoms with Crippen LogP contribution >= 0.6 is 0 Å². The zero-order chi connectivity index (χ0) is 18.2. The summed E-state index contributed by atoms with van der Waals surface area (Å²) in [5.41, 5.74) is 5.32. The fourth-order valence-electron chi connectivity index (χ4n) is 2.55. The molecule has 0 spiro atoms. The predicted molar refractivity (Wildman–Crippen MR) is 101 cm³/mol. The molecule has 0 aromatic heterocycles. The van der Waals surface area contributed by atoms with Crippen molar-refractivity contribution in [3.63, 3.8) is 0 Å². The topological polar surface area (TPSA) is 64.9 Å². The van der Waals surface area contributed by atoms with Gasteiger partial charge in [0.05, 0.1) is 0 Å². The molecule has 2 aromatic carbocycles. The molecule has 1 amide bonds. The van der Waals surface area contributed by atoms with Gasteiger partial charge >= 0.3 is 0 Å². The van der Waals surface area contributed by atoms with Crippen LogP contribution < -0.4 is 10.6 Å². The molecule has 0 saturated carbocycles. The Bertz CT molecular complexity index is 831. The van der Waals surface area contributed by atoms with E-state index in [1.807, 2.05) is 44.2 Å². The molecular weight excluding hydrogens is 310 g/mol. The number of aryl methyl sites for hydroxylation is 3. The molecule has 0 bridgehead atoms. The van der Waals surface area contributed by atoms with Crippen molar-refractivity contribution in [2.45, 2.75) is 27.2 Å². The summed E-state index contributed by atoms with van der Waals surface area (Å²) in [5, 5.41) is 15.1. The molecule has 0 aliphatic carbocycles. The Kier molecular flexibility index (Phi) is 6.36. The van der Waals surface area contributed by atoms with Gasteiger partial charge in [-0.15, -0.1) is 0 Å². The molecule has 0 atom stereocenters. The highest BCUT2D eigenvalue weighted by Gasteiger charge is 2.10. The summed E-state index contributed by atoms with van der Waals surface area (Å²) >= 11 is 0. The van der Waals surface area contributed by atoms with Gasteiger partial charge in [-0.05, 0) is 44.4 Å². The van der Waals surface area contributed by atoms with Crippen LogP contribution in [0.15, 0.2) is 54.2 Å². The van der Waals surface area contributed by atoms with Crippen molar-refractivity contribution >= 4 is 11.6 Å². The van der Waals surface area contributed by atoms with Crippen molar-refractivity contribution in [2.24, 2.45) is 0 Å². The Labute approximate surface area is 149 Å². The molecule has 0 saturated heterocycles. The Morgan fingerprint density at radius 1 is 1.12 bits per heavy atom. The van der Waals surface area contributed by atoms with Crippen LogP contribution in [0.25, 0.3) is 0 Å². The van der Waals surface area contributed by atoms with E-state index >= 15 is 0 Å². The lowest BCUT2D eigenvalue weighted by Gasteiger charge is -2.09. The second-order valence-corrected chi connectivity index (χ2v) is 6.14. The predicted octanol–water partition coefficient (Wildman–Crippen LogP) is 3.79. The molecule has 25 heavy (non-hydrogen) atoms. The molecule has 2 N–H and O–H groups in total. The third-order valence-corrected chi connectivity index (χ3v) is 3.88. The standard InChI is InChI=1S/C21H23N3O/c1-15-5-4-6-18(12-15)9-10-23-14-19(13-22)21(25)24-20-8-7-16(2)11-17(20)3/h4-8,11-12,14,23H,9-10H2,1-3H3,(H,24,25)/b19-14-. The van der Waals surface area contributed by atoms with Crippen molar-refractivity contribution in [3.8, 4) is 6.07 Å².